The van der Waals surface area contributed by atoms with Crippen molar-refractivity contribution in [1.82, 2.24) is 15.1 Å². The summed E-state index contributed by atoms with van der Waals surface area (Å²) in [6, 6.07) is 3.19. The third-order valence-electron chi connectivity index (χ3n) is 3.98. The van der Waals surface area contributed by atoms with Crippen molar-refractivity contribution in [1.29, 1.82) is 0 Å². The van der Waals surface area contributed by atoms with Crippen LogP contribution in [-0.2, 0) is 11.3 Å². The zero-order valence-corrected chi connectivity index (χ0v) is 12.3. The van der Waals surface area contributed by atoms with Gasteiger partial charge in [-0.15, -0.1) is 0 Å². The predicted octanol–water partition coefficient (Wildman–Crippen LogP) is 2.90. The molecule has 19 heavy (non-hydrogen) atoms. The first-order valence-electron chi connectivity index (χ1n) is 7.64. The molecule has 1 saturated heterocycles. The van der Waals surface area contributed by atoms with Crippen LogP contribution in [0.2, 0.25) is 0 Å². The lowest BCUT2D eigenvalue weighted by atomic mass is 10.0. The van der Waals surface area contributed by atoms with Crippen molar-refractivity contribution >= 4 is 0 Å². The Balaban J connectivity index is 1.63. The van der Waals surface area contributed by atoms with Crippen molar-refractivity contribution in [2.45, 2.75) is 64.6 Å². The molecule has 0 bridgehead atoms. The maximum atomic E-state index is 5.73. The van der Waals surface area contributed by atoms with Crippen LogP contribution in [0, 0.1) is 0 Å². The number of hydrogen-bond acceptors (Lipinski definition) is 3. The number of piperidine rings is 1. The summed E-state index contributed by atoms with van der Waals surface area (Å²) in [4.78, 5) is 0. The first-order valence-corrected chi connectivity index (χ1v) is 7.64. The number of nitrogens with one attached hydrogen (secondary N) is 1. The number of aromatic nitrogens is 2. The molecular weight excluding hydrogens is 238 g/mol. The molecule has 0 radical (unpaired) electrons. The topological polar surface area (TPSA) is 39.1 Å². The fraction of sp³-hybridized carbons (Fsp3) is 0.800. The van der Waals surface area contributed by atoms with Gasteiger partial charge in [-0.25, -0.2) is 0 Å². The summed E-state index contributed by atoms with van der Waals surface area (Å²) in [6.45, 7) is 7.00. The van der Waals surface area contributed by atoms with E-state index in [1.54, 1.807) is 0 Å². The molecule has 1 aliphatic heterocycles. The maximum Gasteiger partial charge on any atom is 0.0906 e. The zero-order valence-electron chi connectivity index (χ0n) is 12.3. The maximum absolute atomic E-state index is 5.73. The van der Waals surface area contributed by atoms with Crippen LogP contribution in [-0.4, -0.2) is 29.0 Å². The fourth-order valence-corrected chi connectivity index (χ4v) is 2.46. The quantitative estimate of drug-likeness (QED) is 0.770. The molecule has 0 aromatic carbocycles. The Hall–Kier alpha value is -0.870. The Kier molecular flexibility index (Phi) is 5.86. The van der Waals surface area contributed by atoms with Crippen molar-refractivity contribution in [3.63, 3.8) is 0 Å². The van der Waals surface area contributed by atoms with E-state index in [1.165, 1.54) is 25.8 Å². The molecule has 1 N–H and O–H groups in total. The number of rotatable bonds is 7. The van der Waals surface area contributed by atoms with Crippen LogP contribution in [0.1, 0.15) is 57.7 Å². The minimum absolute atomic E-state index is 0.472. The SMILES string of the molecule is CCC(C)n1ccc(COCCC2CCCCN2)n1. The van der Waals surface area contributed by atoms with Crippen LogP contribution in [0.4, 0.5) is 0 Å². The standard InChI is InChI=1S/C15H27N3O/c1-3-13(2)18-10-7-15(17-18)12-19-11-8-14-6-4-5-9-16-14/h7,10,13-14,16H,3-6,8-9,11-12H2,1-2H3. The van der Waals surface area contributed by atoms with E-state index in [4.69, 9.17) is 4.74 Å². The van der Waals surface area contributed by atoms with E-state index >= 15 is 0 Å². The Morgan fingerprint density at radius 3 is 3.16 bits per heavy atom. The average molecular weight is 265 g/mol. The summed E-state index contributed by atoms with van der Waals surface area (Å²) < 4.78 is 7.76. The number of ether oxygens (including phenoxy) is 1. The Morgan fingerprint density at radius 1 is 1.53 bits per heavy atom. The van der Waals surface area contributed by atoms with Gasteiger partial charge in [-0.2, -0.15) is 5.10 Å². The summed E-state index contributed by atoms with van der Waals surface area (Å²) >= 11 is 0. The molecule has 2 rings (SSSR count). The molecule has 0 saturated carbocycles. The van der Waals surface area contributed by atoms with E-state index in [9.17, 15) is 0 Å². The van der Waals surface area contributed by atoms with Gasteiger partial charge in [0.15, 0.2) is 0 Å². The summed E-state index contributed by atoms with van der Waals surface area (Å²) in [5.41, 5.74) is 1.04. The molecule has 0 amide bonds. The zero-order chi connectivity index (χ0) is 13.5. The average Bonchev–Trinajstić information content (AvgIpc) is 2.93. The third-order valence-corrected chi connectivity index (χ3v) is 3.98. The van der Waals surface area contributed by atoms with Crippen molar-refractivity contribution in [3.05, 3.63) is 18.0 Å². The molecule has 2 unspecified atom stereocenters. The Bertz CT molecular complexity index is 358. The smallest absolute Gasteiger partial charge is 0.0906 e. The summed E-state index contributed by atoms with van der Waals surface area (Å²) in [7, 11) is 0. The third kappa shape index (κ3) is 4.62. The van der Waals surface area contributed by atoms with Crippen LogP contribution < -0.4 is 5.32 Å². The molecular formula is C15H27N3O. The van der Waals surface area contributed by atoms with Crippen LogP contribution in [0.5, 0.6) is 0 Å². The number of hydrogen-bond donors (Lipinski definition) is 1. The van der Waals surface area contributed by atoms with Gasteiger partial charge in [0.25, 0.3) is 0 Å². The van der Waals surface area contributed by atoms with E-state index < -0.39 is 0 Å². The second-order valence-corrected chi connectivity index (χ2v) is 5.53. The molecule has 1 aromatic heterocycles. The highest BCUT2D eigenvalue weighted by Crippen LogP contribution is 2.11. The number of nitrogens with zero attached hydrogens (tertiary/aromatic N) is 2. The van der Waals surface area contributed by atoms with Crippen LogP contribution in [0.25, 0.3) is 0 Å². The monoisotopic (exact) mass is 265 g/mol. The van der Waals surface area contributed by atoms with Crippen LogP contribution in [0.3, 0.4) is 0 Å². The van der Waals surface area contributed by atoms with Crippen molar-refractivity contribution in [3.8, 4) is 0 Å². The van der Waals surface area contributed by atoms with E-state index in [-0.39, 0.29) is 0 Å². The second-order valence-electron chi connectivity index (χ2n) is 5.53. The van der Waals surface area contributed by atoms with Gasteiger partial charge in [0.1, 0.15) is 0 Å². The second kappa shape index (κ2) is 7.65. The highest BCUT2D eigenvalue weighted by Gasteiger charge is 2.12. The molecule has 0 aliphatic carbocycles. The fourth-order valence-electron chi connectivity index (χ4n) is 2.46. The first-order chi connectivity index (χ1) is 9.29. The van der Waals surface area contributed by atoms with E-state index in [2.05, 4.69) is 36.5 Å². The summed E-state index contributed by atoms with van der Waals surface area (Å²) in [5.74, 6) is 0. The normalized spacial score (nSPS) is 21.5. The first kappa shape index (κ1) is 14.5. The lowest BCUT2D eigenvalue weighted by Gasteiger charge is -2.23. The molecule has 2 atom stereocenters. The van der Waals surface area contributed by atoms with Gasteiger partial charge in [0, 0.05) is 24.9 Å². The van der Waals surface area contributed by atoms with Crippen LogP contribution >= 0.6 is 0 Å². The minimum atomic E-state index is 0.472. The van der Waals surface area contributed by atoms with Gasteiger partial charge in [0.05, 0.1) is 12.3 Å². The van der Waals surface area contributed by atoms with Crippen molar-refractivity contribution in [2.24, 2.45) is 0 Å². The predicted molar refractivity (Wildman–Crippen MR) is 77.1 cm³/mol. The molecule has 4 nitrogen and oxygen atoms in total. The lowest BCUT2D eigenvalue weighted by Crippen LogP contribution is -2.34. The Morgan fingerprint density at radius 2 is 2.42 bits per heavy atom. The largest absolute Gasteiger partial charge is 0.375 e. The van der Waals surface area contributed by atoms with E-state index in [0.717, 1.165) is 25.1 Å². The van der Waals surface area contributed by atoms with E-state index in [1.807, 2.05) is 4.68 Å². The highest BCUT2D eigenvalue weighted by atomic mass is 16.5. The Labute approximate surface area is 116 Å². The van der Waals surface area contributed by atoms with Crippen molar-refractivity contribution < 1.29 is 4.74 Å². The molecule has 0 spiro atoms. The van der Waals surface area contributed by atoms with Gasteiger partial charge in [0.2, 0.25) is 0 Å². The minimum Gasteiger partial charge on any atom is -0.375 e. The molecule has 2 heterocycles. The van der Waals surface area contributed by atoms with Crippen LogP contribution in [0.15, 0.2) is 12.3 Å². The summed E-state index contributed by atoms with van der Waals surface area (Å²) in [5, 5.41) is 8.09. The molecule has 1 fully saturated rings. The van der Waals surface area contributed by atoms with Gasteiger partial charge in [-0.1, -0.05) is 13.3 Å². The molecule has 1 aliphatic rings. The van der Waals surface area contributed by atoms with E-state index in [0.29, 0.717) is 18.7 Å². The lowest BCUT2D eigenvalue weighted by molar-refractivity contribution is 0.105. The highest BCUT2D eigenvalue weighted by molar-refractivity contribution is 4.97. The molecule has 4 heteroatoms. The van der Waals surface area contributed by atoms with Gasteiger partial charge in [-0.05, 0) is 45.2 Å². The van der Waals surface area contributed by atoms with Gasteiger partial charge < -0.3 is 10.1 Å². The summed E-state index contributed by atoms with van der Waals surface area (Å²) in [6.07, 6.45) is 8.25. The van der Waals surface area contributed by atoms with Gasteiger partial charge in [-0.3, -0.25) is 4.68 Å². The molecule has 1 aromatic rings. The van der Waals surface area contributed by atoms with Gasteiger partial charge >= 0.3 is 0 Å². The molecule has 108 valence electrons. The van der Waals surface area contributed by atoms with Crippen molar-refractivity contribution in [2.75, 3.05) is 13.2 Å².